The summed E-state index contributed by atoms with van der Waals surface area (Å²) in [7, 11) is 0. The summed E-state index contributed by atoms with van der Waals surface area (Å²) in [6.45, 7) is 6.23. The first-order valence-corrected chi connectivity index (χ1v) is 7.79. The zero-order chi connectivity index (χ0) is 17.7. The maximum atomic E-state index is 11.9. The number of ether oxygens (including phenoxy) is 1. The molecule has 0 aliphatic carbocycles. The predicted octanol–water partition coefficient (Wildman–Crippen LogP) is 4.28. The molecule has 2 N–H and O–H groups in total. The van der Waals surface area contributed by atoms with Gasteiger partial charge in [0.05, 0.1) is 0 Å². The lowest BCUT2D eigenvalue weighted by molar-refractivity contribution is 0.316. The van der Waals surface area contributed by atoms with Crippen LogP contribution in [0.1, 0.15) is 33.6 Å². The molecule has 0 amide bonds. The van der Waals surface area contributed by atoms with E-state index in [0.29, 0.717) is 0 Å². The van der Waals surface area contributed by atoms with Crippen LogP contribution in [-0.2, 0) is 0 Å². The zero-order valence-corrected chi connectivity index (χ0v) is 14.1. The minimum absolute atomic E-state index is 0.0661. The molecule has 2 aromatic rings. The van der Waals surface area contributed by atoms with Gasteiger partial charge in [0.1, 0.15) is 23.3 Å². The number of hydrogen-bond donors (Lipinski definition) is 2. The largest absolute Gasteiger partial charge is 0.507 e. The first-order valence-electron chi connectivity index (χ1n) is 7.79. The van der Waals surface area contributed by atoms with Crippen LogP contribution in [0, 0.1) is 0 Å². The van der Waals surface area contributed by atoms with Gasteiger partial charge in [-0.1, -0.05) is 23.3 Å². The van der Waals surface area contributed by atoms with E-state index in [1.165, 1.54) is 23.8 Å². The van der Waals surface area contributed by atoms with Crippen LogP contribution >= 0.6 is 0 Å². The summed E-state index contributed by atoms with van der Waals surface area (Å²) in [5.41, 5.74) is 1.73. The number of phenolic OH excluding ortho intramolecular Hbond substituents is 1. The Morgan fingerprint density at radius 3 is 2.67 bits per heavy atom. The van der Waals surface area contributed by atoms with Gasteiger partial charge in [-0.3, -0.25) is 0 Å². The highest BCUT2D eigenvalue weighted by Gasteiger charge is 2.17. The number of allylic oxidation sites excluding steroid dienone is 3. The molecule has 5 nitrogen and oxygen atoms in total. The first kappa shape index (κ1) is 17.7. The van der Waals surface area contributed by atoms with Crippen molar-refractivity contribution in [1.82, 2.24) is 0 Å². The Balaban J connectivity index is 2.14. The number of benzene rings is 1. The number of aromatic hydroxyl groups is 2. The summed E-state index contributed by atoms with van der Waals surface area (Å²) in [6, 6.07) is 4.42. The zero-order valence-electron chi connectivity index (χ0n) is 14.1. The fraction of sp³-hybridized carbons (Fsp3) is 0.316. The smallest absolute Gasteiger partial charge is 0.383 e. The molecule has 1 heterocycles. The van der Waals surface area contributed by atoms with Gasteiger partial charge in [-0.2, -0.15) is 0 Å². The Morgan fingerprint density at radius 1 is 1.21 bits per heavy atom. The molecule has 0 atom stereocenters. The fourth-order valence-electron chi connectivity index (χ4n) is 2.28. The molecule has 2 rings (SSSR count). The third kappa shape index (κ3) is 4.19. The van der Waals surface area contributed by atoms with Crippen molar-refractivity contribution in [1.29, 1.82) is 0 Å². The van der Waals surface area contributed by atoms with E-state index in [1.54, 1.807) is 0 Å². The van der Waals surface area contributed by atoms with Gasteiger partial charge >= 0.3 is 5.63 Å². The number of phenols is 1. The Bertz CT molecular complexity index is 839. The number of fused-ring (bicyclic) bond motifs is 1. The third-order valence-electron chi connectivity index (χ3n) is 3.59. The van der Waals surface area contributed by atoms with E-state index >= 15 is 0 Å². The van der Waals surface area contributed by atoms with E-state index in [-0.39, 0.29) is 29.1 Å². The van der Waals surface area contributed by atoms with Crippen LogP contribution in [0.3, 0.4) is 0 Å². The lowest BCUT2D eigenvalue weighted by Crippen LogP contribution is -2.07. The molecule has 128 valence electrons. The molecule has 0 fully saturated rings. The fourth-order valence-corrected chi connectivity index (χ4v) is 2.28. The van der Waals surface area contributed by atoms with E-state index < -0.39 is 11.4 Å². The van der Waals surface area contributed by atoms with Crippen LogP contribution in [0.15, 0.2) is 50.7 Å². The molecule has 0 saturated carbocycles. The van der Waals surface area contributed by atoms with Crippen LogP contribution in [0.2, 0.25) is 0 Å². The molecule has 0 spiro atoms. The molecule has 0 unspecified atom stereocenters. The minimum atomic E-state index is -0.777. The Morgan fingerprint density at radius 2 is 1.96 bits per heavy atom. The molecule has 1 aromatic heterocycles. The number of hydrogen-bond acceptors (Lipinski definition) is 5. The van der Waals surface area contributed by atoms with Crippen LogP contribution in [0.5, 0.6) is 17.2 Å². The van der Waals surface area contributed by atoms with E-state index in [9.17, 15) is 15.0 Å². The maximum Gasteiger partial charge on any atom is 0.383 e. The molecule has 1 aromatic carbocycles. The van der Waals surface area contributed by atoms with Crippen LogP contribution in [0.4, 0.5) is 0 Å². The van der Waals surface area contributed by atoms with Crippen molar-refractivity contribution in [3.63, 3.8) is 0 Å². The van der Waals surface area contributed by atoms with E-state index in [4.69, 9.17) is 9.15 Å². The molecule has 24 heavy (non-hydrogen) atoms. The van der Waals surface area contributed by atoms with Crippen molar-refractivity contribution in [2.75, 3.05) is 6.61 Å². The monoisotopic (exact) mass is 330 g/mol. The molecule has 0 radical (unpaired) electrons. The van der Waals surface area contributed by atoms with Crippen LogP contribution in [0.25, 0.3) is 11.0 Å². The average molecular weight is 330 g/mol. The Hall–Kier alpha value is -2.69. The lowest BCUT2D eigenvalue weighted by atomic mass is 10.1. The quantitative estimate of drug-likeness (QED) is 0.610. The van der Waals surface area contributed by atoms with Gasteiger partial charge in [0.2, 0.25) is 5.75 Å². The third-order valence-corrected chi connectivity index (χ3v) is 3.59. The minimum Gasteiger partial charge on any atom is -0.507 e. The molecule has 0 saturated heterocycles. The van der Waals surface area contributed by atoms with Crippen molar-refractivity contribution in [2.24, 2.45) is 0 Å². The maximum absolute atomic E-state index is 11.9. The molecule has 0 aliphatic heterocycles. The first-order chi connectivity index (χ1) is 11.4. The summed E-state index contributed by atoms with van der Waals surface area (Å²) in [4.78, 5) is 11.9. The summed E-state index contributed by atoms with van der Waals surface area (Å²) >= 11 is 0. The lowest BCUT2D eigenvalue weighted by Gasteiger charge is -2.08. The van der Waals surface area contributed by atoms with Crippen molar-refractivity contribution in [2.45, 2.75) is 33.6 Å². The number of rotatable bonds is 6. The van der Waals surface area contributed by atoms with E-state index in [0.717, 1.165) is 18.4 Å². The Kier molecular flexibility index (Phi) is 5.68. The van der Waals surface area contributed by atoms with Gasteiger partial charge in [-0.25, -0.2) is 4.79 Å². The highest BCUT2D eigenvalue weighted by Crippen LogP contribution is 2.36. The van der Waals surface area contributed by atoms with Crippen molar-refractivity contribution >= 4 is 11.0 Å². The second kappa shape index (κ2) is 7.73. The van der Waals surface area contributed by atoms with Gasteiger partial charge in [-0.15, -0.1) is 0 Å². The molecule has 0 bridgehead atoms. The summed E-state index contributed by atoms with van der Waals surface area (Å²) < 4.78 is 10.4. The van der Waals surface area contributed by atoms with Crippen molar-refractivity contribution in [3.05, 3.63) is 51.9 Å². The highest BCUT2D eigenvalue weighted by atomic mass is 16.5. The van der Waals surface area contributed by atoms with Gasteiger partial charge in [0.15, 0.2) is 5.75 Å². The van der Waals surface area contributed by atoms with Gasteiger partial charge in [-0.05, 0) is 51.8 Å². The molecule has 5 heteroatoms. The second-order valence-electron chi connectivity index (χ2n) is 5.90. The normalized spacial score (nSPS) is 11.5. The summed E-state index contributed by atoms with van der Waals surface area (Å²) in [5.74, 6) is -0.876. The van der Waals surface area contributed by atoms with Crippen molar-refractivity contribution in [3.8, 4) is 17.2 Å². The summed E-state index contributed by atoms with van der Waals surface area (Å²) in [5, 5.41) is 20.1. The van der Waals surface area contributed by atoms with Crippen LogP contribution < -0.4 is 10.4 Å². The molecule has 0 aliphatic rings. The van der Waals surface area contributed by atoms with E-state index in [2.05, 4.69) is 19.9 Å². The standard InChI is InChI=1S/C19H22O5/c1-12(2)6-4-7-13(3)10-11-23-18-17(21)16-14(20)8-5-9-15(16)24-19(18)22/h5-6,8-10,20-21H,4,7,11H2,1-3H3/b13-10+. The second-order valence-corrected chi connectivity index (χ2v) is 5.90. The molecular formula is C19H22O5. The van der Waals surface area contributed by atoms with Gasteiger partial charge in [0, 0.05) is 0 Å². The average Bonchev–Trinajstić information content (AvgIpc) is 2.50. The molecular weight excluding hydrogens is 308 g/mol. The topological polar surface area (TPSA) is 79.9 Å². The van der Waals surface area contributed by atoms with E-state index in [1.807, 2.05) is 13.0 Å². The SMILES string of the molecule is CC(C)=CCC/C(C)=C/COc1c(O)c2c(O)cccc2oc1=O. The highest BCUT2D eigenvalue weighted by molar-refractivity contribution is 5.90. The van der Waals surface area contributed by atoms with Crippen molar-refractivity contribution < 1.29 is 19.4 Å². The van der Waals surface area contributed by atoms with Crippen LogP contribution in [-0.4, -0.2) is 16.8 Å². The van der Waals surface area contributed by atoms with Gasteiger partial charge in [0.25, 0.3) is 0 Å². The summed E-state index contributed by atoms with van der Waals surface area (Å²) in [6.07, 6.45) is 5.85. The Labute approximate surface area is 140 Å². The van der Waals surface area contributed by atoms with Gasteiger partial charge < -0.3 is 19.4 Å². The predicted molar refractivity (Wildman–Crippen MR) is 93.7 cm³/mol.